The predicted molar refractivity (Wildman–Crippen MR) is 92.7 cm³/mol. The first-order valence-corrected chi connectivity index (χ1v) is 8.09. The second-order valence-electron chi connectivity index (χ2n) is 6.43. The van der Waals surface area contributed by atoms with E-state index in [1.165, 1.54) is 4.90 Å². The summed E-state index contributed by atoms with van der Waals surface area (Å²) in [6.07, 6.45) is 1.16. The fourth-order valence-electron chi connectivity index (χ4n) is 3.44. The fraction of sp³-hybridized carbons (Fsp3) is 0.250. The lowest BCUT2D eigenvalue weighted by molar-refractivity contribution is -0.140. The van der Waals surface area contributed by atoms with Gasteiger partial charge in [-0.2, -0.15) is 0 Å². The quantitative estimate of drug-likeness (QED) is 0.822. The third kappa shape index (κ3) is 2.93. The van der Waals surface area contributed by atoms with Crippen LogP contribution in [0.2, 0.25) is 0 Å². The highest BCUT2D eigenvalue weighted by atomic mass is 16.4. The van der Waals surface area contributed by atoms with E-state index in [0.29, 0.717) is 30.4 Å². The molecule has 0 radical (unpaired) electrons. The maximum atomic E-state index is 12.6. The number of carboxylic acids is 1. The zero-order chi connectivity index (χ0) is 18.0. The second kappa shape index (κ2) is 6.51. The molecule has 1 fully saturated rings. The van der Waals surface area contributed by atoms with Crippen molar-refractivity contribution in [1.29, 1.82) is 0 Å². The number of benzene rings is 2. The van der Waals surface area contributed by atoms with Crippen molar-refractivity contribution in [1.82, 2.24) is 4.90 Å². The fourth-order valence-corrected chi connectivity index (χ4v) is 3.44. The Labute approximate surface area is 145 Å². The lowest BCUT2D eigenvalue weighted by Gasteiger charge is -2.20. The van der Waals surface area contributed by atoms with E-state index in [4.69, 9.17) is 0 Å². The van der Waals surface area contributed by atoms with Gasteiger partial charge in [-0.1, -0.05) is 48.5 Å². The van der Waals surface area contributed by atoms with Crippen molar-refractivity contribution in [3.8, 4) is 0 Å². The van der Waals surface area contributed by atoms with Crippen molar-refractivity contribution >= 4 is 18.2 Å². The van der Waals surface area contributed by atoms with Crippen LogP contribution in [0.1, 0.15) is 32.7 Å². The Morgan fingerprint density at radius 3 is 2.44 bits per heavy atom. The highest BCUT2D eigenvalue weighted by Crippen LogP contribution is 2.54. The summed E-state index contributed by atoms with van der Waals surface area (Å²) in [5, 5.41) is 9.73. The Morgan fingerprint density at radius 1 is 1.16 bits per heavy atom. The molecule has 2 aromatic rings. The first-order valence-electron chi connectivity index (χ1n) is 8.09. The van der Waals surface area contributed by atoms with E-state index in [0.717, 1.165) is 5.56 Å². The van der Waals surface area contributed by atoms with Gasteiger partial charge in [0.2, 0.25) is 0 Å². The molecule has 0 saturated heterocycles. The molecule has 5 nitrogen and oxygen atoms in total. The third-order valence-corrected chi connectivity index (χ3v) is 4.93. The summed E-state index contributed by atoms with van der Waals surface area (Å²) >= 11 is 0. The third-order valence-electron chi connectivity index (χ3n) is 4.93. The van der Waals surface area contributed by atoms with Gasteiger partial charge in [0.25, 0.3) is 5.91 Å². The van der Waals surface area contributed by atoms with Crippen LogP contribution in [0.5, 0.6) is 0 Å². The van der Waals surface area contributed by atoms with Gasteiger partial charge in [-0.15, -0.1) is 0 Å². The number of hydrogen-bond acceptors (Lipinski definition) is 3. The largest absolute Gasteiger partial charge is 0.481 e. The average Bonchev–Trinajstić information content (AvgIpc) is 3.37. The van der Waals surface area contributed by atoms with Crippen LogP contribution in [0.3, 0.4) is 0 Å². The molecule has 0 bridgehead atoms. The molecule has 0 aliphatic heterocycles. The lowest BCUT2D eigenvalue weighted by Crippen LogP contribution is -2.33. The number of aldehydes is 1. The second-order valence-corrected chi connectivity index (χ2v) is 6.43. The molecule has 25 heavy (non-hydrogen) atoms. The standard InChI is InChI=1S/C20H19NO4/c1-21(18(23)17-10-6-5-7-14(17)13-22)12-16-11-20(16,19(24)25)15-8-3-2-4-9-15/h2-10,13,16H,11-12H2,1H3,(H,24,25). The van der Waals surface area contributed by atoms with Gasteiger partial charge in [-0.25, -0.2) is 0 Å². The highest BCUT2D eigenvalue weighted by molar-refractivity contribution is 6.01. The molecule has 128 valence electrons. The molecule has 1 saturated carbocycles. The van der Waals surface area contributed by atoms with Crippen molar-refractivity contribution < 1.29 is 19.5 Å². The van der Waals surface area contributed by atoms with E-state index in [9.17, 15) is 19.5 Å². The number of amides is 1. The first kappa shape index (κ1) is 16.9. The topological polar surface area (TPSA) is 74.7 Å². The van der Waals surface area contributed by atoms with E-state index in [1.54, 1.807) is 31.3 Å². The van der Waals surface area contributed by atoms with Crippen molar-refractivity contribution in [3.05, 3.63) is 71.3 Å². The summed E-state index contributed by atoms with van der Waals surface area (Å²) in [5.74, 6) is -1.29. The molecule has 2 aromatic carbocycles. The average molecular weight is 337 g/mol. The van der Waals surface area contributed by atoms with E-state index in [-0.39, 0.29) is 11.8 Å². The maximum absolute atomic E-state index is 12.6. The van der Waals surface area contributed by atoms with Crippen LogP contribution in [0, 0.1) is 5.92 Å². The van der Waals surface area contributed by atoms with Crippen molar-refractivity contribution in [2.75, 3.05) is 13.6 Å². The molecule has 1 aliphatic rings. The van der Waals surface area contributed by atoms with Gasteiger partial charge >= 0.3 is 5.97 Å². The summed E-state index contributed by atoms with van der Waals surface area (Å²) in [6.45, 7) is 0.327. The Morgan fingerprint density at radius 2 is 1.80 bits per heavy atom. The van der Waals surface area contributed by atoms with Crippen molar-refractivity contribution in [3.63, 3.8) is 0 Å². The number of carbonyl (C=O) groups excluding carboxylic acids is 2. The van der Waals surface area contributed by atoms with Crippen molar-refractivity contribution in [2.45, 2.75) is 11.8 Å². The number of nitrogens with zero attached hydrogens (tertiary/aromatic N) is 1. The molecule has 5 heteroatoms. The molecule has 1 aliphatic carbocycles. The number of aliphatic carboxylic acids is 1. The predicted octanol–water partition coefficient (Wildman–Crippen LogP) is 2.61. The van der Waals surface area contributed by atoms with Crippen LogP contribution >= 0.6 is 0 Å². The summed E-state index contributed by atoms with van der Waals surface area (Å²) in [4.78, 5) is 37.1. The maximum Gasteiger partial charge on any atom is 0.314 e. The normalized spacial score (nSPS) is 21.4. The van der Waals surface area contributed by atoms with Gasteiger partial charge in [0.1, 0.15) is 0 Å². The molecule has 1 amide bonds. The minimum Gasteiger partial charge on any atom is -0.481 e. The van der Waals surface area contributed by atoms with E-state index < -0.39 is 11.4 Å². The van der Waals surface area contributed by atoms with Crippen LogP contribution < -0.4 is 0 Å². The minimum absolute atomic E-state index is 0.148. The monoisotopic (exact) mass is 337 g/mol. The Bertz CT molecular complexity index is 817. The zero-order valence-electron chi connectivity index (χ0n) is 13.9. The van der Waals surface area contributed by atoms with Gasteiger partial charge in [0, 0.05) is 19.2 Å². The number of carbonyl (C=O) groups is 3. The molecule has 0 aromatic heterocycles. The number of rotatable bonds is 6. The van der Waals surface area contributed by atoms with Crippen LogP contribution in [0.15, 0.2) is 54.6 Å². The summed E-state index contributed by atoms with van der Waals surface area (Å²) in [6, 6.07) is 15.7. The van der Waals surface area contributed by atoms with Crippen LogP contribution in [0.25, 0.3) is 0 Å². The lowest BCUT2D eigenvalue weighted by atomic mass is 9.93. The molecule has 1 N–H and O–H groups in total. The summed E-state index contributed by atoms with van der Waals surface area (Å²) in [7, 11) is 1.64. The zero-order valence-corrected chi connectivity index (χ0v) is 13.9. The van der Waals surface area contributed by atoms with Gasteiger partial charge in [-0.3, -0.25) is 14.4 Å². The number of carboxylic acid groups (broad SMARTS) is 1. The van der Waals surface area contributed by atoms with Gasteiger partial charge < -0.3 is 10.0 Å². The molecule has 2 unspecified atom stereocenters. The van der Waals surface area contributed by atoms with Crippen LogP contribution in [-0.4, -0.2) is 41.8 Å². The van der Waals surface area contributed by atoms with Crippen molar-refractivity contribution in [2.24, 2.45) is 5.92 Å². The van der Waals surface area contributed by atoms with Crippen LogP contribution in [0.4, 0.5) is 0 Å². The molecular weight excluding hydrogens is 318 g/mol. The molecule has 0 heterocycles. The van der Waals surface area contributed by atoms with E-state index in [2.05, 4.69) is 0 Å². The smallest absolute Gasteiger partial charge is 0.314 e. The SMILES string of the molecule is CN(CC1CC1(C(=O)O)c1ccccc1)C(=O)c1ccccc1C=O. The van der Waals surface area contributed by atoms with Gasteiger partial charge in [0.05, 0.1) is 11.0 Å². The molecule has 0 spiro atoms. The Kier molecular flexibility index (Phi) is 4.40. The first-order chi connectivity index (χ1) is 12.0. The van der Waals surface area contributed by atoms with E-state index >= 15 is 0 Å². The Balaban J connectivity index is 1.78. The molecular formula is C20H19NO4. The number of hydrogen-bond donors (Lipinski definition) is 1. The summed E-state index contributed by atoms with van der Waals surface area (Å²) < 4.78 is 0. The minimum atomic E-state index is -0.931. The van der Waals surface area contributed by atoms with Gasteiger partial charge in [-0.05, 0) is 24.0 Å². The van der Waals surface area contributed by atoms with Crippen LogP contribution in [-0.2, 0) is 10.2 Å². The van der Waals surface area contributed by atoms with E-state index in [1.807, 2.05) is 30.3 Å². The molecule has 2 atom stereocenters. The Hall–Kier alpha value is -2.95. The molecule has 3 rings (SSSR count). The summed E-state index contributed by atoms with van der Waals surface area (Å²) in [5.41, 5.74) is 0.505. The highest BCUT2D eigenvalue weighted by Gasteiger charge is 2.61. The van der Waals surface area contributed by atoms with Gasteiger partial charge in [0.15, 0.2) is 6.29 Å².